The molecule has 0 spiro atoms. The maximum atomic E-state index is 5.96. The van der Waals surface area contributed by atoms with Gasteiger partial charge in [-0.2, -0.15) is 4.98 Å². The highest BCUT2D eigenvalue weighted by Crippen LogP contribution is 2.28. The van der Waals surface area contributed by atoms with Crippen molar-refractivity contribution in [3.63, 3.8) is 0 Å². The summed E-state index contributed by atoms with van der Waals surface area (Å²) in [7, 11) is 1.57. The van der Waals surface area contributed by atoms with E-state index in [0.29, 0.717) is 6.01 Å². The molecule has 1 saturated heterocycles. The molecule has 3 rings (SSSR count). The van der Waals surface area contributed by atoms with Gasteiger partial charge in [-0.15, -0.1) is 0 Å². The molecule has 1 fully saturated rings. The summed E-state index contributed by atoms with van der Waals surface area (Å²) in [5.41, 5.74) is 8.02. The van der Waals surface area contributed by atoms with Gasteiger partial charge in [0.15, 0.2) is 0 Å². The molecule has 5 heteroatoms. The molecule has 1 aromatic carbocycles. The van der Waals surface area contributed by atoms with Crippen molar-refractivity contribution < 1.29 is 4.74 Å². The van der Waals surface area contributed by atoms with Crippen molar-refractivity contribution in [3.8, 4) is 6.01 Å². The van der Waals surface area contributed by atoms with Gasteiger partial charge in [-0.05, 0) is 18.6 Å². The first-order chi connectivity index (χ1) is 8.78. The number of hydrogen-bond donors (Lipinski definition) is 1. The highest BCUT2D eigenvalue weighted by atomic mass is 16.5. The number of nitrogens with two attached hydrogens (primary N) is 1. The Morgan fingerprint density at radius 2 is 2.33 bits per heavy atom. The van der Waals surface area contributed by atoms with Gasteiger partial charge in [-0.3, -0.25) is 0 Å². The van der Waals surface area contributed by atoms with Crippen LogP contribution in [0.3, 0.4) is 0 Å². The summed E-state index contributed by atoms with van der Waals surface area (Å²) in [5, 5.41) is 1.05. The number of ether oxygens (including phenoxy) is 1. The Hall–Kier alpha value is -1.88. The van der Waals surface area contributed by atoms with Gasteiger partial charge in [0.25, 0.3) is 0 Å². The number of fused-ring (bicyclic) bond motifs is 1. The Morgan fingerprint density at radius 1 is 1.44 bits per heavy atom. The molecule has 1 aliphatic heterocycles. The molecule has 1 atom stereocenters. The normalized spacial score (nSPS) is 19.4. The van der Waals surface area contributed by atoms with Crippen molar-refractivity contribution in [2.24, 2.45) is 5.73 Å². The number of hydrogen-bond acceptors (Lipinski definition) is 5. The van der Waals surface area contributed by atoms with E-state index in [-0.39, 0.29) is 6.04 Å². The smallest absolute Gasteiger partial charge is 0.316 e. The fourth-order valence-corrected chi connectivity index (χ4v) is 2.40. The third-order valence-electron chi connectivity index (χ3n) is 3.33. The lowest BCUT2D eigenvalue weighted by Gasteiger charge is -2.19. The monoisotopic (exact) mass is 244 g/mol. The zero-order valence-corrected chi connectivity index (χ0v) is 10.3. The molecular formula is C13H16N4O. The molecule has 1 unspecified atom stereocenters. The SMILES string of the molecule is COc1ncc2c(N3CCC(N)C3)cccc2n1. The Balaban J connectivity index is 2.07. The zero-order valence-electron chi connectivity index (χ0n) is 10.3. The minimum absolute atomic E-state index is 0.263. The van der Waals surface area contributed by atoms with Gasteiger partial charge in [0.05, 0.1) is 12.6 Å². The van der Waals surface area contributed by atoms with E-state index in [1.54, 1.807) is 7.11 Å². The third-order valence-corrected chi connectivity index (χ3v) is 3.33. The van der Waals surface area contributed by atoms with Crippen LogP contribution in [0.25, 0.3) is 10.9 Å². The first-order valence-corrected chi connectivity index (χ1v) is 6.08. The van der Waals surface area contributed by atoms with E-state index in [1.807, 2.05) is 18.3 Å². The largest absolute Gasteiger partial charge is 0.467 e. The highest BCUT2D eigenvalue weighted by molar-refractivity contribution is 5.91. The quantitative estimate of drug-likeness (QED) is 0.859. The first-order valence-electron chi connectivity index (χ1n) is 6.08. The molecule has 0 aliphatic carbocycles. The van der Waals surface area contributed by atoms with Crippen molar-refractivity contribution in [1.29, 1.82) is 0 Å². The summed E-state index contributed by atoms with van der Waals surface area (Å²) in [6, 6.07) is 6.74. The number of nitrogens with zero attached hydrogens (tertiary/aromatic N) is 3. The second-order valence-electron chi connectivity index (χ2n) is 4.56. The average Bonchev–Trinajstić information content (AvgIpc) is 2.84. The fourth-order valence-electron chi connectivity index (χ4n) is 2.40. The second-order valence-corrected chi connectivity index (χ2v) is 4.56. The second kappa shape index (κ2) is 4.42. The Kier molecular flexibility index (Phi) is 2.76. The van der Waals surface area contributed by atoms with Crippen molar-refractivity contribution in [2.75, 3.05) is 25.1 Å². The van der Waals surface area contributed by atoms with Crippen LogP contribution in [0.5, 0.6) is 6.01 Å². The van der Waals surface area contributed by atoms with Crippen LogP contribution >= 0.6 is 0 Å². The molecule has 0 saturated carbocycles. The van der Waals surface area contributed by atoms with Gasteiger partial charge in [-0.1, -0.05) is 6.07 Å². The van der Waals surface area contributed by atoms with Crippen LogP contribution in [0.2, 0.25) is 0 Å². The highest BCUT2D eigenvalue weighted by Gasteiger charge is 2.21. The topological polar surface area (TPSA) is 64.3 Å². The summed E-state index contributed by atoms with van der Waals surface area (Å²) in [5.74, 6) is 0. The minimum atomic E-state index is 0.263. The van der Waals surface area contributed by atoms with E-state index in [4.69, 9.17) is 10.5 Å². The first kappa shape index (κ1) is 11.2. The van der Waals surface area contributed by atoms with Gasteiger partial charge < -0.3 is 15.4 Å². The average molecular weight is 244 g/mol. The van der Waals surface area contributed by atoms with Crippen molar-refractivity contribution in [2.45, 2.75) is 12.5 Å². The van der Waals surface area contributed by atoms with Gasteiger partial charge >= 0.3 is 6.01 Å². The standard InChI is InChI=1S/C13H16N4O/c1-18-13-15-7-10-11(16-13)3-2-4-12(10)17-6-5-9(14)8-17/h2-4,7,9H,5-6,8,14H2,1H3. The number of aromatic nitrogens is 2. The number of benzene rings is 1. The van der Waals surface area contributed by atoms with Crippen LogP contribution in [-0.4, -0.2) is 36.2 Å². The van der Waals surface area contributed by atoms with E-state index in [1.165, 1.54) is 0 Å². The van der Waals surface area contributed by atoms with E-state index >= 15 is 0 Å². The predicted octanol–water partition coefficient (Wildman–Crippen LogP) is 1.18. The summed E-state index contributed by atoms with van der Waals surface area (Å²) >= 11 is 0. The predicted molar refractivity (Wildman–Crippen MR) is 70.9 cm³/mol. The molecular weight excluding hydrogens is 228 g/mol. The van der Waals surface area contributed by atoms with Gasteiger partial charge in [0.1, 0.15) is 0 Å². The molecule has 0 radical (unpaired) electrons. The van der Waals surface area contributed by atoms with Gasteiger partial charge in [-0.25, -0.2) is 4.98 Å². The summed E-state index contributed by atoms with van der Waals surface area (Å²) in [4.78, 5) is 10.8. The minimum Gasteiger partial charge on any atom is -0.467 e. The molecule has 0 bridgehead atoms. The van der Waals surface area contributed by atoms with Gasteiger partial charge in [0.2, 0.25) is 0 Å². The van der Waals surface area contributed by atoms with Crippen LogP contribution in [-0.2, 0) is 0 Å². The van der Waals surface area contributed by atoms with Crippen molar-refractivity contribution >= 4 is 16.6 Å². The third kappa shape index (κ3) is 1.86. The van der Waals surface area contributed by atoms with Crippen LogP contribution in [0, 0.1) is 0 Å². The molecule has 2 aromatic rings. The Morgan fingerprint density at radius 3 is 3.06 bits per heavy atom. The van der Waals surface area contributed by atoms with Crippen LogP contribution in [0.1, 0.15) is 6.42 Å². The fraction of sp³-hybridized carbons (Fsp3) is 0.385. The molecule has 18 heavy (non-hydrogen) atoms. The molecule has 1 aromatic heterocycles. The van der Waals surface area contributed by atoms with Crippen LogP contribution in [0.15, 0.2) is 24.4 Å². The molecule has 1 aliphatic rings. The summed E-state index contributed by atoms with van der Waals surface area (Å²) in [6.45, 7) is 1.89. The molecule has 5 nitrogen and oxygen atoms in total. The van der Waals surface area contributed by atoms with E-state index in [0.717, 1.165) is 36.1 Å². The van der Waals surface area contributed by atoms with Gasteiger partial charge in [0, 0.05) is 36.4 Å². The van der Waals surface area contributed by atoms with E-state index in [9.17, 15) is 0 Å². The summed E-state index contributed by atoms with van der Waals surface area (Å²) in [6.07, 6.45) is 2.85. The maximum Gasteiger partial charge on any atom is 0.316 e. The lowest BCUT2D eigenvalue weighted by atomic mass is 10.2. The lowest BCUT2D eigenvalue weighted by molar-refractivity contribution is 0.382. The molecule has 0 amide bonds. The van der Waals surface area contributed by atoms with Crippen molar-refractivity contribution in [3.05, 3.63) is 24.4 Å². The van der Waals surface area contributed by atoms with Crippen LogP contribution < -0.4 is 15.4 Å². The number of anilines is 1. The Bertz CT molecular complexity index is 572. The van der Waals surface area contributed by atoms with E-state index < -0.39 is 0 Å². The number of rotatable bonds is 2. The molecule has 2 heterocycles. The maximum absolute atomic E-state index is 5.96. The zero-order chi connectivity index (χ0) is 12.5. The molecule has 2 N–H and O–H groups in total. The van der Waals surface area contributed by atoms with E-state index in [2.05, 4.69) is 20.9 Å². The van der Waals surface area contributed by atoms with Crippen LogP contribution in [0.4, 0.5) is 5.69 Å². The molecule has 94 valence electrons. The summed E-state index contributed by atoms with van der Waals surface area (Å²) < 4.78 is 5.05. The lowest BCUT2D eigenvalue weighted by Crippen LogP contribution is -2.26. The van der Waals surface area contributed by atoms with Crippen molar-refractivity contribution in [1.82, 2.24) is 9.97 Å². The Labute approximate surface area is 106 Å². The number of methoxy groups -OCH3 is 1.